The van der Waals surface area contributed by atoms with E-state index in [0.717, 1.165) is 0 Å². The van der Waals surface area contributed by atoms with Gasteiger partial charge in [0.25, 0.3) is 0 Å². The van der Waals surface area contributed by atoms with Gasteiger partial charge in [-0.25, -0.2) is 4.57 Å². The van der Waals surface area contributed by atoms with E-state index >= 15 is 0 Å². The molecule has 0 aromatic carbocycles. The highest BCUT2D eigenvalue weighted by Gasteiger charge is 2.18. The van der Waals surface area contributed by atoms with Crippen LogP contribution in [-0.4, -0.2) is 17.6 Å². The normalized spacial score (nSPS) is 11.1. The lowest BCUT2D eigenvalue weighted by Gasteiger charge is -2.09. The fourth-order valence-electron chi connectivity index (χ4n) is 0.925. The number of aryl methyl sites for hydroxylation is 1. The number of rotatable bonds is 5. The molecule has 0 amide bonds. The SMILES string of the molecule is CCOP(OCC)n1cc[n+](C)c1. The first-order valence-corrected chi connectivity index (χ1v) is 5.50. The molecule has 74 valence electrons. The number of aromatic nitrogens is 2. The number of hydrogen-bond donors (Lipinski definition) is 0. The van der Waals surface area contributed by atoms with Gasteiger partial charge in [0, 0.05) is 0 Å². The molecule has 0 bridgehead atoms. The molecule has 1 aromatic heterocycles. The van der Waals surface area contributed by atoms with E-state index < -0.39 is 8.53 Å². The fourth-order valence-corrected chi connectivity index (χ4v) is 2.12. The maximum absolute atomic E-state index is 5.47. The van der Waals surface area contributed by atoms with Crippen LogP contribution in [0.2, 0.25) is 0 Å². The topological polar surface area (TPSA) is 27.3 Å². The van der Waals surface area contributed by atoms with Gasteiger partial charge in [-0.05, 0) is 13.8 Å². The first-order valence-electron chi connectivity index (χ1n) is 4.37. The third-order valence-electron chi connectivity index (χ3n) is 1.42. The molecule has 0 spiro atoms. The Morgan fingerprint density at radius 1 is 1.31 bits per heavy atom. The monoisotopic (exact) mass is 203 g/mol. The van der Waals surface area contributed by atoms with Crippen molar-refractivity contribution < 1.29 is 13.6 Å². The van der Waals surface area contributed by atoms with E-state index in [1.54, 1.807) is 0 Å². The molecule has 13 heavy (non-hydrogen) atoms. The minimum atomic E-state index is -0.939. The minimum Gasteiger partial charge on any atom is -0.299 e. The summed E-state index contributed by atoms with van der Waals surface area (Å²) in [6.45, 7) is 5.29. The van der Waals surface area contributed by atoms with Crippen molar-refractivity contribution in [1.82, 2.24) is 4.34 Å². The van der Waals surface area contributed by atoms with Gasteiger partial charge in [0.2, 0.25) is 6.33 Å². The van der Waals surface area contributed by atoms with Crippen molar-refractivity contribution in [3.8, 4) is 0 Å². The smallest absolute Gasteiger partial charge is 0.299 e. The van der Waals surface area contributed by atoms with Crippen molar-refractivity contribution in [2.75, 3.05) is 13.2 Å². The van der Waals surface area contributed by atoms with Crippen molar-refractivity contribution in [2.24, 2.45) is 7.05 Å². The molecule has 5 heteroatoms. The van der Waals surface area contributed by atoms with Crippen LogP contribution in [0.5, 0.6) is 0 Å². The number of nitrogens with zero attached hydrogens (tertiary/aromatic N) is 2. The molecule has 0 radical (unpaired) electrons. The van der Waals surface area contributed by atoms with E-state index in [2.05, 4.69) is 0 Å². The lowest BCUT2D eigenvalue weighted by Crippen LogP contribution is -2.23. The summed E-state index contributed by atoms with van der Waals surface area (Å²) in [5.74, 6) is 0. The molecule has 0 aliphatic carbocycles. The summed E-state index contributed by atoms with van der Waals surface area (Å²) < 4.78 is 14.9. The molecular weight excluding hydrogens is 187 g/mol. The quantitative estimate of drug-likeness (QED) is 0.535. The second-order valence-electron chi connectivity index (χ2n) is 2.53. The van der Waals surface area contributed by atoms with Crippen LogP contribution in [0.4, 0.5) is 0 Å². The van der Waals surface area contributed by atoms with Gasteiger partial charge in [-0.15, -0.1) is 0 Å². The van der Waals surface area contributed by atoms with Crippen LogP contribution in [0.3, 0.4) is 0 Å². The second-order valence-corrected chi connectivity index (χ2v) is 3.99. The Bertz CT molecular complexity index is 246. The molecule has 0 unspecified atom stereocenters. The largest absolute Gasteiger partial charge is 0.403 e. The first kappa shape index (κ1) is 10.6. The van der Waals surface area contributed by atoms with Crippen LogP contribution in [0, 0.1) is 0 Å². The lowest BCUT2D eigenvalue weighted by molar-refractivity contribution is -0.670. The van der Waals surface area contributed by atoms with Gasteiger partial charge in [0.15, 0.2) is 0 Å². The Morgan fingerprint density at radius 3 is 2.31 bits per heavy atom. The van der Waals surface area contributed by atoms with Gasteiger partial charge in [-0.2, -0.15) is 4.34 Å². The molecule has 4 nitrogen and oxygen atoms in total. The Hall–Kier alpha value is -0.440. The van der Waals surface area contributed by atoms with Gasteiger partial charge < -0.3 is 0 Å². The van der Waals surface area contributed by atoms with Crippen LogP contribution >= 0.6 is 8.53 Å². The highest BCUT2D eigenvalue weighted by Crippen LogP contribution is 2.38. The molecule has 1 rings (SSSR count). The van der Waals surface area contributed by atoms with Crippen LogP contribution in [-0.2, 0) is 16.1 Å². The second kappa shape index (κ2) is 5.32. The van der Waals surface area contributed by atoms with Crippen LogP contribution in [0.15, 0.2) is 18.7 Å². The van der Waals surface area contributed by atoms with Crippen molar-refractivity contribution in [2.45, 2.75) is 13.8 Å². The van der Waals surface area contributed by atoms with Crippen molar-refractivity contribution in [1.29, 1.82) is 0 Å². The van der Waals surface area contributed by atoms with Crippen molar-refractivity contribution in [3.63, 3.8) is 0 Å². The molecule has 0 aliphatic heterocycles. The summed E-state index contributed by atoms with van der Waals surface area (Å²) in [5.41, 5.74) is 0. The predicted molar refractivity (Wildman–Crippen MR) is 51.2 cm³/mol. The van der Waals surface area contributed by atoms with Gasteiger partial charge >= 0.3 is 8.53 Å². The van der Waals surface area contributed by atoms with E-state index in [1.165, 1.54) is 0 Å². The van der Waals surface area contributed by atoms with Crippen LogP contribution < -0.4 is 4.57 Å². The third kappa shape index (κ3) is 3.07. The first-order chi connectivity index (χ1) is 6.27. The highest BCUT2D eigenvalue weighted by molar-refractivity contribution is 7.45. The molecule has 0 saturated heterocycles. The summed E-state index contributed by atoms with van der Waals surface area (Å²) in [7, 11) is 1.03. The zero-order valence-corrected chi connectivity index (χ0v) is 9.20. The third-order valence-corrected chi connectivity index (χ3v) is 2.99. The average Bonchev–Trinajstić information content (AvgIpc) is 2.51. The number of hydrogen-bond acceptors (Lipinski definition) is 2. The van der Waals surface area contributed by atoms with Gasteiger partial charge in [-0.1, -0.05) is 0 Å². The van der Waals surface area contributed by atoms with Crippen molar-refractivity contribution in [3.05, 3.63) is 18.7 Å². The molecule has 0 saturated carbocycles. The zero-order chi connectivity index (χ0) is 9.68. The average molecular weight is 203 g/mol. The van der Waals surface area contributed by atoms with E-state index in [4.69, 9.17) is 9.05 Å². The lowest BCUT2D eigenvalue weighted by atomic mass is 10.9. The Kier molecular flexibility index (Phi) is 4.36. The van der Waals surface area contributed by atoms with Crippen molar-refractivity contribution >= 4 is 8.53 Å². The van der Waals surface area contributed by atoms with Gasteiger partial charge in [0.05, 0.1) is 20.3 Å². The maximum Gasteiger partial charge on any atom is 0.403 e. The minimum absolute atomic E-state index is 0.674. The Morgan fingerprint density at radius 2 is 1.92 bits per heavy atom. The fraction of sp³-hybridized carbons (Fsp3) is 0.625. The van der Waals surface area contributed by atoms with Crippen LogP contribution in [0.25, 0.3) is 0 Å². The summed E-state index contributed by atoms with van der Waals surface area (Å²) in [5, 5.41) is 0. The summed E-state index contributed by atoms with van der Waals surface area (Å²) in [4.78, 5) is 0. The summed E-state index contributed by atoms with van der Waals surface area (Å²) >= 11 is 0. The standard InChI is InChI=1S/C8H16N2O2P/c1-4-11-13(12-5-2)10-7-6-9(3)8-10/h6-8H,4-5H2,1-3H3/q+1. The molecular formula is C8H16N2O2P+. The molecule has 0 N–H and O–H groups in total. The van der Waals surface area contributed by atoms with Crippen LogP contribution in [0.1, 0.15) is 13.8 Å². The molecule has 0 atom stereocenters. The Labute approximate surface area is 80.1 Å². The van der Waals surface area contributed by atoms with Gasteiger partial charge in [-0.3, -0.25) is 9.05 Å². The van der Waals surface area contributed by atoms with E-state index in [0.29, 0.717) is 13.2 Å². The predicted octanol–water partition coefficient (Wildman–Crippen LogP) is 1.46. The number of imidazole rings is 1. The molecule has 0 aliphatic rings. The van der Waals surface area contributed by atoms with E-state index in [-0.39, 0.29) is 0 Å². The molecule has 0 fully saturated rings. The summed E-state index contributed by atoms with van der Waals surface area (Å²) in [6, 6.07) is 0. The Balaban J connectivity index is 2.63. The maximum atomic E-state index is 5.47. The molecule has 1 heterocycles. The van der Waals surface area contributed by atoms with Gasteiger partial charge in [0.1, 0.15) is 12.4 Å². The van der Waals surface area contributed by atoms with E-state index in [9.17, 15) is 0 Å². The molecule has 1 aromatic rings. The zero-order valence-electron chi connectivity index (χ0n) is 8.30. The highest BCUT2D eigenvalue weighted by atomic mass is 31.2. The van der Waals surface area contributed by atoms with E-state index in [1.807, 2.05) is 48.5 Å². The summed E-state index contributed by atoms with van der Waals surface area (Å²) in [6.07, 6.45) is 5.88.